The maximum atomic E-state index is 5.82. The average molecular weight is 341 g/mol. The van der Waals surface area contributed by atoms with Crippen molar-refractivity contribution in [3.8, 4) is 0 Å². The van der Waals surface area contributed by atoms with Gasteiger partial charge in [-0.15, -0.1) is 35.6 Å². The van der Waals surface area contributed by atoms with Gasteiger partial charge in [-0.25, -0.2) is 0 Å². The lowest BCUT2D eigenvalue weighted by atomic mass is 10.2. The first-order valence-corrected chi connectivity index (χ1v) is 6.61. The molecule has 1 heterocycles. The fraction of sp³-hybridized carbons (Fsp3) is 0.111. The van der Waals surface area contributed by atoms with Crippen molar-refractivity contribution in [3.05, 3.63) is 26.6 Å². The Labute approximate surface area is 105 Å². The van der Waals surface area contributed by atoms with Crippen molar-refractivity contribution in [2.45, 2.75) is 10.8 Å². The summed E-state index contributed by atoms with van der Waals surface area (Å²) in [4.78, 5) is 1.02. The van der Waals surface area contributed by atoms with Crippen molar-refractivity contribution in [2.24, 2.45) is 0 Å². The second-order valence-corrected chi connectivity index (χ2v) is 5.41. The Morgan fingerprint density at radius 3 is 3.00 bits per heavy atom. The summed E-state index contributed by atoms with van der Waals surface area (Å²) < 4.78 is 2.49. The van der Waals surface area contributed by atoms with E-state index in [1.807, 2.05) is 0 Å². The molecule has 0 saturated heterocycles. The third-order valence-electron chi connectivity index (χ3n) is 1.89. The van der Waals surface area contributed by atoms with E-state index in [4.69, 9.17) is 11.6 Å². The number of thiol groups is 1. The largest absolute Gasteiger partial charge is 0.144 e. The molecule has 0 aliphatic heterocycles. The topological polar surface area (TPSA) is 0 Å². The maximum Gasteiger partial charge on any atom is 0.0485 e. The number of halogens is 2. The van der Waals surface area contributed by atoms with Crippen molar-refractivity contribution < 1.29 is 0 Å². The second-order valence-electron chi connectivity index (χ2n) is 2.66. The number of thiophene rings is 1. The van der Waals surface area contributed by atoms with Gasteiger partial charge in [0, 0.05) is 24.4 Å². The molecule has 0 fully saturated rings. The zero-order valence-electron chi connectivity index (χ0n) is 6.55. The molecule has 2 rings (SSSR count). The lowest BCUT2D eigenvalue weighted by Crippen LogP contribution is -1.85. The van der Waals surface area contributed by atoms with E-state index in [2.05, 4.69) is 52.7 Å². The molecule has 0 N–H and O–H groups in total. The summed E-state index contributed by atoms with van der Waals surface area (Å²) in [5.74, 6) is 0.530. The Morgan fingerprint density at radius 1 is 1.54 bits per heavy atom. The summed E-state index contributed by atoms with van der Waals surface area (Å²) in [5.41, 5.74) is 1.12. The number of hydrogen-bond donors (Lipinski definition) is 1. The van der Waals surface area contributed by atoms with Gasteiger partial charge < -0.3 is 0 Å². The number of benzene rings is 1. The predicted molar refractivity (Wildman–Crippen MR) is 71.4 cm³/mol. The Bertz CT molecular complexity index is 450. The highest BCUT2D eigenvalue weighted by molar-refractivity contribution is 14.1. The Morgan fingerprint density at radius 2 is 2.31 bits per heavy atom. The van der Waals surface area contributed by atoms with Crippen LogP contribution < -0.4 is 0 Å². The molecule has 0 saturated carbocycles. The first-order valence-electron chi connectivity index (χ1n) is 3.67. The third-order valence-corrected chi connectivity index (χ3v) is 5.10. The predicted octanol–water partition coefficient (Wildman–Crippen LogP) is 4.53. The van der Waals surface area contributed by atoms with Crippen molar-refractivity contribution in [1.82, 2.24) is 0 Å². The van der Waals surface area contributed by atoms with Gasteiger partial charge in [0.15, 0.2) is 0 Å². The molecule has 2 aromatic rings. The fourth-order valence-electron chi connectivity index (χ4n) is 1.21. The Hall–Kier alpha value is 0.550. The van der Waals surface area contributed by atoms with Gasteiger partial charge in [0.25, 0.3) is 0 Å². The minimum atomic E-state index is 0.530. The summed E-state index contributed by atoms with van der Waals surface area (Å²) in [6.45, 7) is 0. The average Bonchev–Trinajstić information content (AvgIpc) is 2.59. The molecule has 0 aliphatic rings. The summed E-state index contributed by atoms with van der Waals surface area (Å²) in [5, 5.41) is 3.38. The minimum absolute atomic E-state index is 0.530. The van der Waals surface area contributed by atoms with Gasteiger partial charge in [0.2, 0.25) is 0 Å². The van der Waals surface area contributed by atoms with Gasteiger partial charge in [0.05, 0.1) is 0 Å². The zero-order chi connectivity index (χ0) is 9.42. The molecule has 0 spiro atoms. The number of hydrogen-bond acceptors (Lipinski definition) is 2. The van der Waals surface area contributed by atoms with E-state index in [9.17, 15) is 0 Å². The molecule has 0 radical (unpaired) electrons. The Balaban J connectivity index is 2.83. The second kappa shape index (κ2) is 3.96. The molecule has 1 aromatic heterocycles. The maximum absolute atomic E-state index is 5.82. The van der Waals surface area contributed by atoms with Gasteiger partial charge >= 0.3 is 0 Å². The van der Waals surface area contributed by atoms with Crippen LogP contribution in [-0.4, -0.2) is 0 Å². The molecular weight excluding hydrogens is 335 g/mol. The molecule has 1 aromatic carbocycles. The van der Waals surface area contributed by atoms with E-state index in [1.54, 1.807) is 11.3 Å². The van der Waals surface area contributed by atoms with Crippen molar-refractivity contribution >= 4 is 68.2 Å². The van der Waals surface area contributed by atoms with Crippen LogP contribution >= 0.6 is 58.2 Å². The molecule has 4 heteroatoms. The lowest BCUT2D eigenvalue weighted by Gasteiger charge is -2.04. The summed E-state index contributed by atoms with van der Waals surface area (Å²) in [6.07, 6.45) is 0. The quantitative estimate of drug-likeness (QED) is 0.440. The molecule has 0 unspecified atom stereocenters. The van der Waals surface area contributed by atoms with Gasteiger partial charge in [-0.05, 0) is 45.7 Å². The molecule has 0 bridgehead atoms. The van der Waals surface area contributed by atoms with E-state index in [0.29, 0.717) is 5.88 Å². The standard InChI is InChI=1S/C9H6ClIS2/c10-4-5-3-7-6(1-2-13-7)8(11)9(5)12/h1-3,12H,4H2. The van der Waals surface area contributed by atoms with Crippen LogP contribution in [0.5, 0.6) is 0 Å². The lowest BCUT2D eigenvalue weighted by molar-refractivity contribution is 1.27. The van der Waals surface area contributed by atoms with Crippen molar-refractivity contribution in [2.75, 3.05) is 0 Å². The van der Waals surface area contributed by atoms with E-state index < -0.39 is 0 Å². The van der Waals surface area contributed by atoms with Gasteiger partial charge in [0.1, 0.15) is 0 Å². The van der Waals surface area contributed by atoms with Gasteiger partial charge in [-0.3, -0.25) is 0 Å². The fourth-order valence-corrected chi connectivity index (χ4v) is 3.64. The SMILES string of the molecule is Sc1c(CCl)cc2sccc2c1I. The van der Waals surface area contributed by atoms with E-state index >= 15 is 0 Å². The molecule has 0 aliphatic carbocycles. The number of alkyl halides is 1. The van der Waals surface area contributed by atoms with Crippen LogP contribution in [0.2, 0.25) is 0 Å². The zero-order valence-corrected chi connectivity index (χ0v) is 11.2. The van der Waals surface area contributed by atoms with Crippen LogP contribution in [0.3, 0.4) is 0 Å². The van der Waals surface area contributed by atoms with Gasteiger partial charge in [-0.1, -0.05) is 0 Å². The van der Waals surface area contributed by atoms with Crippen LogP contribution in [0.4, 0.5) is 0 Å². The normalized spacial score (nSPS) is 11.0. The molecule has 0 atom stereocenters. The monoisotopic (exact) mass is 340 g/mol. The molecule has 0 nitrogen and oxygen atoms in total. The third kappa shape index (κ3) is 1.71. The van der Waals surface area contributed by atoms with E-state index in [1.165, 1.54) is 13.7 Å². The summed E-state index contributed by atoms with van der Waals surface area (Å²) >= 11 is 14.3. The molecule has 13 heavy (non-hydrogen) atoms. The van der Waals surface area contributed by atoms with Crippen LogP contribution in [0.15, 0.2) is 22.4 Å². The van der Waals surface area contributed by atoms with Crippen LogP contribution in [0.1, 0.15) is 5.56 Å². The van der Waals surface area contributed by atoms with Crippen molar-refractivity contribution in [3.63, 3.8) is 0 Å². The molecule has 68 valence electrons. The highest BCUT2D eigenvalue weighted by Gasteiger charge is 2.08. The van der Waals surface area contributed by atoms with E-state index in [-0.39, 0.29) is 0 Å². The highest BCUT2D eigenvalue weighted by Crippen LogP contribution is 2.33. The Kier molecular flexibility index (Phi) is 3.07. The smallest absolute Gasteiger partial charge is 0.0485 e. The molecule has 0 amide bonds. The number of fused-ring (bicyclic) bond motifs is 1. The van der Waals surface area contributed by atoms with E-state index in [0.717, 1.165) is 10.5 Å². The highest BCUT2D eigenvalue weighted by atomic mass is 127. The van der Waals surface area contributed by atoms with Crippen LogP contribution in [-0.2, 0) is 5.88 Å². The minimum Gasteiger partial charge on any atom is -0.144 e. The van der Waals surface area contributed by atoms with Crippen LogP contribution in [0.25, 0.3) is 10.1 Å². The first-order chi connectivity index (χ1) is 6.24. The first kappa shape index (κ1) is 10.1. The summed E-state index contributed by atoms with van der Waals surface area (Å²) in [7, 11) is 0. The molecular formula is C9H6ClIS2. The van der Waals surface area contributed by atoms with Crippen LogP contribution in [0, 0.1) is 3.57 Å². The summed E-state index contributed by atoms with van der Waals surface area (Å²) in [6, 6.07) is 4.25. The van der Waals surface area contributed by atoms with Gasteiger partial charge in [-0.2, -0.15) is 0 Å². The number of rotatable bonds is 1. The van der Waals surface area contributed by atoms with Crippen molar-refractivity contribution in [1.29, 1.82) is 0 Å².